The molecule has 4 heterocycles. The van der Waals surface area contributed by atoms with Gasteiger partial charge in [-0.15, -0.1) is 0 Å². The zero-order valence-corrected chi connectivity index (χ0v) is 22.7. The molecule has 2 aromatic rings. The predicted molar refractivity (Wildman–Crippen MR) is 139 cm³/mol. The van der Waals surface area contributed by atoms with E-state index >= 15 is 4.39 Å². The third kappa shape index (κ3) is 4.74. The molecule has 0 spiro atoms. The van der Waals surface area contributed by atoms with Crippen LogP contribution in [0.1, 0.15) is 67.9 Å². The van der Waals surface area contributed by atoms with Gasteiger partial charge in [-0.25, -0.2) is 14.0 Å². The minimum atomic E-state index is -0.692. The fraction of sp³-hybridized carbons (Fsp3) is 0.607. The van der Waals surface area contributed by atoms with Gasteiger partial charge in [0.1, 0.15) is 11.2 Å². The Labute approximate surface area is 221 Å². The molecule has 5 rings (SSSR count). The van der Waals surface area contributed by atoms with Gasteiger partial charge in [-0.05, 0) is 70.6 Å². The Morgan fingerprint density at radius 1 is 1.29 bits per heavy atom. The van der Waals surface area contributed by atoms with E-state index in [0.29, 0.717) is 49.6 Å². The number of amides is 1. The number of hydrogen-bond donors (Lipinski definition) is 1. The SMILES string of the molecule is CCOC(=O)c1cc(C2CC2)c2c(C)c(N3C[C@@H]4COC[C@]4(CNC(=O)OC(C)(C)C)C3)c(F)cn2c1=O. The number of ether oxygens (including phenoxy) is 3. The summed E-state index contributed by atoms with van der Waals surface area (Å²) in [6.45, 7) is 11.5. The molecule has 1 saturated carbocycles. The van der Waals surface area contributed by atoms with E-state index in [0.717, 1.165) is 18.4 Å². The summed E-state index contributed by atoms with van der Waals surface area (Å²) < 4.78 is 33.4. The third-order valence-corrected chi connectivity index (χ3v) is 7.78. The second-order valence-electron chi connectivity index (χ2n) is 11.8. The first-order chi connectivity index (χ1) is 17.9. The number of carbonyl (C=O) groups excluding carboxylic acids is 2. The van der Waals surface area contributed by atoms with Crippen molar-refractivity contribution in [2.75, 3.05) is 44.4 Å². The standard InChI is InChI=1S/C28H36FN3O6/c1-6-37-25(34)20-9-19(17-7-8-17)22-16(2)23(21(29)11-32(22)24(20)33)31-10-18-12-36-15-28(18,14-31)13-30-26(35)38-27(3,4)5/h9,11,17-18H,6-8,10,12-15H2,1-5H3,(H,30,35)/t18-,28+/m1/s1. The van der Waals surface area contributed by atoms with Crippen LogP contribution in [-0.4, -0.2) is 61.5 Å². The average molecular weight is 530 g/mol. The summed E-state index contributed by atoms with van der Waals surface area (Å²) in [6, 6.07) is 1.64. The van der Waals surface area contributed by atoms with Crippen LogP contribution < -0.4 is 15.8 Å². The van der Waals surface area contributed by atoms with Crippen LogP contribution in [0.5, 0.6) is 0 Å². The second kappa shape index (κ2) is 9.55. The van der Waals surface area contributed by atoms with E-state index in [4.69, 9.17) is 14.2 Å². The third-order valence-electron chi connectivity index (χ3n) is 7.78. The first-order valence-electron chi connectivity index (χ1n) is 13.3. The summed E-state index contributed by atoms with van der Waals surface area (Å²) in [6.07, 6.45) is 2.61. The first-order valence-corrected chi connectivity index (χ1v) is 13.3. The number of fused-ring (bicyclic) bond motifs is 2. The molecule has 3 fully saturated rings. The normalized spacial score (nSPS) is 23.0. The lowest BCUT2D eigenvalue weighted by molar-refractivity contribution is 0.0490. The number of anilines is 1. The zero-order chi connectivity index (χ0) is 27.4. The first kappa shape index (κ1) is 26.5. The number of pyridine rings is 2. The topological polar surface area (TPSA) is 98.6 Å². The summed E-state index contributed by atoms with van der Waals surface area (Å²) >= 11 is 0. The molecule has 1 amide bonds. The Balaban J connectivity index is 1.50. The molecule has 206 valence electrons. The summed E-state index contributed by atoms with van der Waals surface area (Å²) in [5.41, 5.74) is 0.988. The van der Waals surface area contributed by atoms with Gasteiger partial charge in [-0.1, -0.05) is 0 Å². The van der Waals surface area contributed by atoms with Gasteiger partial charge in [0.25, 0.3) is 5.56 Å². The summed E-state index contributed by atoms with van der Waals surface area (Å²) in [5.74, 6) is -0.908. The number of halogens is 1. The maximum atomic E-state index is 15.8. The van der Waals surface area contributed by atoms with Gasteiger partial charge in [0.05, 0.1) is 37.2 Å². The minimum Gasteiger partial charge on any atom is -0.462 e. The maximum Gasteiger partial charge on any atom is 0.407 e. The van der Waals surface area contributed by atoms with E-state index in [9.17, 15) is 14.4 Å². The number of nitrogens with one attached hydrogen (secondary N) is 1. The molecule has 0 aromatic carbocycles. The van der Waals surface area contributed by atoms with Crippen molar-refractivity contribution >= 4 is 23.3 Å². The number of rotatable bonds is 6. The monoisotopic (exact) mass is 529 g/mol. The molecule has 0 bridgehead atoms. The van der Waals surface area contributed by atoms with Gasteiger partial charge >= 0.3 is 12.1 Å². The Bertz CT molecular complexity index is 1350. The molecule has 3 aliphatic rings. The molecule has 0 unspecified atom stereocenters. The van der Waals surface area contributed by atoms with Crippen LogP contribution in [-0.2, 0) is 14.2 Å². The zero-order valence-electron chi connectivity index (χ0n) is 22.7. The van der Waals surface area contributed by atoms with Crippen molar-refractivity contribution in [3.8, 4) is 0 Å². The highest BCUT2D eigenvalue weighted by Gasteiger charge is 2.51. The van der Waals surface area contributed by atoms with Gasteiger partial charge < -0.3 is 24.4 Å². The van der Waals surface area contributed by atoms with E-state index in [1.54, 1.807) is 13.0 Å². The van der Waals surface area contributed by atoms with E-state index in [1.807, 2.05) is 32.6 Å². The molecule has 9 nitrogen and oxygen atoms in total. The van der Waals surface area contributed by atoms with Crippen molar-refractivity contribution in [3.63, 3.8) is 0 Å². The molecule has 2 aromatic heterocycles. The molecule has 0 radical (unpaired) electrons. The van der Waals surface area contributed by atoms with Gasteiger partial charge in [-0.3, -0.25) is 9.20 Å². The Kier molecular flexibility index (Phi) is 6.65. The van der Waals surface area contributed by atoms with Crippen LogP contribution in [0.4, 0.5) is 14.9 Å². The molecule has 2 aliphatic heterocycles. The number of aryl methyl sites for hydroxylation is 1. The van der Waals surface area contributed by atoms with Crippen LogP contribution >= 0.6 is 0 Å². The van der Waals surface area contributed by atoms with Crippen LogP contribution in [0, 0.1) is 24.1 Å². The van der Waals surface area contributed by atoms with Crippen molar-refractivity contribution in [2.45, 2.75) is 59.0 Å². The number of alkyl carbamates (subject to hydrolysis) is 1. The van der Waals surface area contributed by atoms with Crippen LogP contribution in [0.25, 0.3) is 5.52 Å². The molecule has 38 heavy (non-hydrogen) atoms. The van der Waals surface area contributed by atoms with Gasteiger partial charge in [-0.2, -0.15) is 0 Å². The number of nitrogens with zero attached hydrogens (tertiary/aromatic N) is 2. The summed E-state index contributed by atoms with van der Waals surface area (Å²) in [4.78, 5) is 40.1. The van der Waals surface area contributed by atoms with Crippen molar-refractivity contribution < 1.29 is 28.2 Å². The van der Waals surface area contributed by atoms with Gasteiger partial charge in [0, 0.05) is 31.0 Å². The Hall–Kier alpha value is -3.14. The minimum absolute atomic E-state index is 0.0715. The van der Waals surface area contributed by atoms with Crippen molar-refractivity contribution in [3.05, 3.63) is 45.1 Å². The molecule has 1 N–H and O–H groups in total. The highest BCUT2D eigenvalue weighted by molar-refractivity contribution is 5.90. The quantitative estimate of drug-likeness (QED) is 0.569. The fourth-order valence-corrected chi connectivity index (χ4v) is 5.91. The summed E-state index contributed by atoms with van der Waals surface area (Å²) in [7, 11) is 0. The van der Waals surface area contributed by atoms with Crippen molar-refractivity contribution in [1.29, 1.82) is 0 Å². The van der Waals surface area contributed by atoms with E-state index in [2.05, 4.69) is 5.32 Å². The highest BCUT2D eigenvalue weighted by atomic mass is 19.1. The molecule has 2 atom stereocenters. The average Bonchev–Trinajstić information content (AvgIpc) is 3.50. The molecule has 1 aliphatic carbocycles. The number of hydrogen-bond acceptors (Lipinski definition) is 7. The Morgan fingerprint density at radius 3 is 2.68 bits per heavy atom. The van der Waals surface area contributed by atoms with E-state index in [1.165, 1.54) is 10.6 Å². The van der Waals surface area contributed by atoms with Gasteiger partial charge in [0.15, 0.2) is 5.82 Å². The van der Waals surface area contributed by atoms with E-state index in [-0.39, 0.29) is 29.4 Å². The molecular weight excluding hydrogens is 493 g/mol. The molecular formula is C28H36FN3O6. The lowest BCUT2D eigenvalue weighted by atomic mass is 9.81. The summed E-state index contributed by atoms with van der Waals surface area (Å²) in [5, 5.41) is 2.89. The molecule has 2 saturated heterocycles. The van der Waals surface area contributed by atoms with Gasteiger partial charge in [0.2, 0.25) is 0 Å². The lowest BCUT2D eigenvalue weighted by Crippen LogP contribution is -2.44. The number of carbonyl (C=O) groups is 2. The number of aromatic nitrogens is 1. The highest BCUT2D eigenvalue weighted by Crippen LogP contribution is 2.47. The van der Waals surface area contributed by atoms with Crippen molar-refractivity contribution in [2.24, 2.45) is 11.3 Å². The fourth-order valence-electron chi connectivity index (χ4n) is 5.91. The largest absolute Gasteiger partial charge is 0.462 e. The van der Waals surface area contributed by atoms with Crippen LogP contribution in [0.3, 0.4) is 0 Å². The Morgan fingerprint density at radius 2 is 2.03 bits per heavy atom. The number of esters is 1. The van der Waals surface area contributed by atoms with Crippen LogP contribution in [0.2, 0.25) is 0 Å². The molecule has 10 heteroatoms. The smallest absolute Gasteiger partial charge is 0.407 e. The predicted octanol–water partition coefficient (Wildman–Crippen LogP) is 3.78. The maximum absolute atomic E-state index is 15.8. The second-order valence-corrected chi connectivity index (χ2v) is 11.8. The van der Waals surface area contributed by atoms with Crippen LogP contribution in [0.15, 0.2) is 17.1 Å². The van der Waals surface area contributed by atoms with Crippen molar-refractivity contribution in [1.82, 2.24) is 9.72 Å². The van der Waals surface area contributed by atoms with E-state index < -0.39 is 29.0 Å². The lowest BCUT2D eigenvalue weighted by Gasteiger charge is -2.29.